The van der Waals surface area contributed by atoms with Crippen molar-refractivity contribution in [2.45, 2.75) is 39.7 Å². The van der Waals surface area contributed by atoms with Gasteiger partial charge in [0.15, 0.2) is 0 Å². The van der Waals surface area contributed by atoms with Crippen molar-refractivity contribution in [2.24, 2.45) is 5.92 Å². The van der Waals surface area contributed by atoms with E-state index in [1.54, 1.807) is 7.11 Å². The summed E-state index contributed by atoms with van der Waals surface area (Å²) in [6.07, 6.45) is 4.25. The zero-order valence-corrected chi connectivity index (χ0v) is 13.8. The molecule has 1 fully saturated rings. The molecular formula is C18H30N2O. The standard InChI is InChI=1S/C18H30N2O/c1-4-20(14-16-6-5-7-16)18-9-8-17(12-15(18)2)13-19-10-11-21-3/h8-9,12,16,19H,4-7,10-11,13-14H2,1-3H3. The van der Waals surface area contributed by atoms with Crippen LogP contribution in [0.5, 0.6) is 0 Å². The molecular weight excluding hydrogens is 260 g/mol. The Morgan fingerprint density at radius 1 is 1.33 bits per heavy atom. The summed E-state index contributed by atoms with van der Waals surface area (Å²) in [5.74, 6) is 0.916. The molecule has 3 nitrogen and oxygen atoms in total. The van der Waals surface area contributed by atoms with Crippen molar-refractivity contribution in [3.8, 4) is 0 Å². The Balaban J connectivity index is 1.93. The molecule has 0 spiro atoms. The van der Waals surface area contributed by atoms with Gasteiger partial charge in [0.2, 0.25) is 0 Å². The summed E-state index contributed by atoms with van der Waals surface area (Å²) in [7, 11) is 1.74. The van der Waals surface area contributed by atoms with E-state index in [9.17, 15) is 0 Å². The fourth-order valence-electron chi connectivity index (χ4n) is 2.97. The summed E-state index contributed by atoms with van der Waals surface area (Å²) in [6.45, 7) is 9.41. The summed E-state index contributed by atoms with van der Waals surface area (Å²) in [5, 5.41) is 3.40. The number of anilines is 1. The molecule has 1 saturated carbocycles. The Bertz CT molecular complexity index is 429. The molecule has 0 saturated heterocycles. The lowest BCUT2D eigenvalue weighted by molar-refractivity contribution is 0.199. The first kappa shape index (κ1) is 16.3. The molecule has 2 rings (SSSR count). The van der Waals surface area contributed by atoms with Crippen LogP contribution < -0.4 is 10.2 Å². The lowest BCUT2D eigenvalue weighted by atomic mass is 9.85. The van der Waals surface area contributed by atoms with Gasteiger partial charge in [-0.2, -0.15) is 0 Å². The molecule has 1 aliphatic rings. The number of nitrogens with one attached hydrogen (secondary N) is 1. The molecule has 0 aliphatic heterocycles. The number of hydrogen-bond acceptors (Lipinski definition) is 3. The highest BCUT2D eigenvalue weighted by atomic mass is 16.5. The Morgan fingerprint density at radius 2 is 2.14 bits per heavy atom. The maximum Gasteiger partial charge on any atom is 0.0587 e. The van der Waals surface area contributed by atoms with Crippen LogP contribution in [0.25, 0.3) is 0 Å². The van der Waals surface area contributed by atoms with E-state index < -0.39 is 0 Å². The Hall–Kier alpha value is -1.06. The average Bonchev–Trinajstić information content (AvgIpc) is 2.44. The highest BCUT2D eigenvalue weighted by Gasteiger charge is 2.20. The number of methoxy groups -OCH3 is 1. The van der Waals surface area contributed by atoms with E-state index in [0.717, 1.165) is 32.2 Å². The van der Waals surface area contributed by atoms with Crippen LogP contribution in [0.15, 0.2) is 18.2 Å². The molecule has 1 aromatic rings. The molecule has 0 bridgehead atoms. The van der Waals surface area contributed by atoms with Crippen molar-refractivity contribution in [2.75, 3.05) is 38.3 Å². The van der Waals surface area contributed by atoms with Gasteiger partial charge in [0.25, 0.3) is 0 Å². The summed E-state index contributed by atoms with van der Waals surface area (Å²) in [6, 6.07) is 6.87. The monoisotopic (exact) mass is 290 g/mol. The molecule has 0 heterocycles. The fraction of sp³-hybridized carbons (Fsp3) is 0.667. The number of ether oxygens (including phenoxy) is 1. The van der Waals surface area contributed by atoms with Crippen LogP contribution in [0.1, 0.15) is 37.3 Å². The van der Waals surface area contributed by atoms with E-state index in [4.69, 9.17) is 4.74 Å². The van der Waals surface area contributed by atoms with Gasteiger partial charge in [-0.1, -0.05) is 18.6 Å². The van der Waals surface area contributed by atoms with Gasteiger partial charge in [-0.3, -0.25) is 0 Å². The summed E-state index contributed by atoms with van der Waals surface area (Å²) >= 11 is 0. The first-order chi connectivity index (χ1) is 10.2. The van der Waals surface area contributed by atoms with Crippen molar-refractivity contribution in [1.82, 2.24) is 5.32 Å². The Morgan fingerprint density at radius 3 is 2.71 bits per heavy atom. The van der Waals surface area contributed by atoms with Crippen molar-refractivity contribution in [1.29, 1.82) is 0 Å². The van der Waals surface area contributed by atoms with E-state index >= 15 is 0 Å². The molecule has 1 aromatic carbocycles. The summed E-state index contributed by atoms with van der Waals surface area (Å²) in [5.41, 5.74) is 4.15. The maximum absolute atomic E-state index is 5.05. The van der Waals surface area contributed by atoms with Gasteiger partial charge in [0.05, 0.1) is 6.61 Å². The second-order valence-corrected chi connectivity index (χ2v) is 6.13. The third-order valence-electron chi connectivity index (χ3n) is 4.50. The van der Waals surface area contributed by atoms with Gasteiger partial charge in [-0.15, -0.1) is 0 Å². The smallest absolute Gasteiger partial charge is 0.0587 e. The van der Waals surface area contributed by atoms with Gasteiger partial charge in [0.1, 0.15) is 0 Å². The summed E-state index contributed by atoms with van der Waals surface area (Å²) in [4.78, 5) is 2.54. The molecule has 0 amide bonds. The highest BCUT2D eigenvalue weighted by Crippen LogP contribution is 2.30. The molecule has 21 heavy (non-hydrogen) atoms. The molecule has 118 valence electrons. The van der Waals surface area contributed by atoms with Gasteiger partial charge in [-0.05, 0) is 49.8 Å². The number of hydrogen-bond donors (Lipinski definition) is 1. The fourth-order valence-corrected chi connectivity index (χ4v) is 2.97. The van der Waals surface area contributed by atoms with E-state index in [2.05, 4.69) is 42.3 Å². The first-order valence-electron chi connectivity index (χ1n) is 8.28. The van der Waals surface area contributed by atoms with Crippen LogP contribution in [0.4, 0.5) is 5.69 Å². The van der Waals surface area contributed by atoms with Crippen LogP contribution >= 0.6 is 0 Å². The van der Waals surface area contributed by atoms with Crippen LogP contribution in [0, 0.1) is 12.8 Å². The van der Waals surface area contributed by atoms with Crippen molar-refractivity contribution in [3.05, 3.63) is 29.3 Å². The zero-order chi connectivity index (χ0) is 15.1. The minimum atomic E-state index is 0.766. The first-order valence-corrected chi connectivity index (χ1v) is 8.28. The Kier molecular flexibility index (Phi) is 6.52. The lowest BCUT2D eigenvalue weighted by Crippen LogP contribution is -2.32. The van der Waals surface area contributed by atoms with Crippen molar-refractivity contribution >= 4 is 5.69 Å². The predicted octanol–water partition coefficient (Wildman–Crippen LogP) is 3.36. The molecule has 0 atom stereocenters. The van der Waals surface area contributed by atoms with Gasteiger partial charge >= 0.3 is 0 Å². The van der Waals surface area contributed by atoms with E-state index in [1.807, 2.05) is 0 Å². The van der Waals surface area contributed by atoms with E-state index in [-0.39, 0.29) is 0 Å². The van der Waals surface area contributed by atoms with E-state index in [1.165, 1.54) is 42.6 Å². The minimum Gasteiger partial charge on any atom is -0.383 e. The molecule has 1 aliphatic carbocycles. The quantitative estimate of drug-likeness (QED) is 0.706. The SMILES string of the molecule is CCN(CC1CCC1)c1ccc(CNCCOC)cc1C. The maximum atomic E-state index is 5.05. The highest BCUT2D eigenvalue weighted by molar-refractivity contribution is 5.54. The molecule has 3 heteroatoms. The minimum absolute atomic E-state index is 0.766. The molecule has 1 N–H and O–H groups in total. The number of aryl methyl sites for hydroxylation is 1. The average molecular weight is 290 g/mol. The zero-order valence-electron chi connectivity index (χ0n) is 13.8. The van der Waals surface area contributed by atoms with Gasteiger partial charge < -0.3 is 15.0 Å². The second-order valence-electron chi connectivity index (χ2n) is 6.13. The number of rotatable bonds is 9. The topological polar surface area (TPSA) is 24.5 Å². The third-order valence-corrected chi connectivity index (χ3v) is 4.50. The van der Waals surface area contributed by atoms with Crippen molar-refractivity contribution < 1.29 is 4.74 Å². The molecule has 0 aromatic heterocycles. The predicted molar refractivity (Wildman–Crippen MR) is 90.0 cm³/mol. The van der Waals surface area contributed by atoms with Crippen LogP contribution in [-0.2, 0) is 11.3 Å². The van der Waals surface area contributed by atoms with Crippen LogP contribution in [-0.4, -0.2) is 33.4 Å². The lowest BCUT2D eigenvalue weighted by Gasteiger charge is -2.34. The number of benzene rings is 1. The summed E-state index contributed by atoms with van der Waals surface area (Å²) < 4.78 is 5.05. The third kappa shape index (κ3) is 4.72. The second kappa shape index (κ2) is 8.40. The van der Waals surface area contributed by atoms with Gasteiger partial charge in [0, 0.05) is 39.0 Å². The Labute approximate surface area is 129 Å². The van der Waals surface area contributed by atoms with Gasteiger partial charge in [-0.25, -0.2) is 0 Å². The largest absolute Gasteiger partial charge is 0.383 e. The molecule has 0 radical (unpaired) electrons. The van der Waals surface area contributed by atoms with Crippen molar-refractivity contribution in [3.63, 3.8) is 0 Å². The molecule has 0 unspecified atom stereocenters. The number of nitrogens with zero attached hydrogens (tertiary/aromatic N) is 1. The van der Waals surface area contributed by atoms with E-state index in [0.29, 0.717) is 0 Å². The van der Waals surface area contributed by atoms with Crippen LogP contribution in [0.2, 0.25) is 0 Å². The normalized spacial score (nSPS) is 15.0. The van der Waals surface area contributed by atoms with Crippen LogP contribution in [0.3, 0.4) is 0 Å².